The zero-order valence-corrected chi connectivity index (χ0v) is 17.1. The van der Waals surface area contributed by atoms with Crippen LogP contribution in [0.4, 0.5) is 10.8 Å². The van der Waals surface area contributed by atoms with Crippen LogP contribution < -0.4 is 10.6 Å². The molecule has 6 nitrogen and oxygen atoms in total. The van der Waals surface area contributed by atoms with Gasteiger partial charge in [-0.2, -0.15) is 0 Å². The Morgan fingerprint density at radius 2 is 1.67 bits per heavy atom. The summed E-state index contributed by atoms with van der Waals surface area (Å²) in [5.41, 5.74) is 8.04. The fourth-order valence-electron chi connectivity index (χ4n) is 3.51. The Bertz CT molecular complexity index is 667. The minimum absolute atomic E-state index is 0.514. The van der Waals surface area contributed by atoms with E-state index in [-0.39, 0.29) is 0 Å². The summed E-state index contributed by atoms with van der Waals surface area (Å²) in [5.74, 6) is 0. The molecule has 7 heteroatoms. The van der Waals surface area contributed by atoms with Gasteiger partial charge in [0.2, 0.25) is 5.13 Å². The van der Waals surface area contributed by atoms with Crippen LogP contribution in [0, 0.1) is 0 Å². The molecule has 0 bridgehead atoms. The molecule has 1 aromatic heterocycles. The van der Waals surface area contributed by atoms with Crippen molar-refractivity contribution in [1.29, 1.82) is 0 Å². The summed E-state index contributed by atoms with van der Waals surface area (Å²) >= 11 is 1.43. The van der Waals surface area contributed by atoms with Crippen LogP contribution >= 0.6 is 11.3 Å². The third-order valence-electron chi connectivity index (χ3n) is 5.12. The number of hydrogen-bond donors (Lipinski definition) is 1. The van der Waals surface area contributed by atoms with Crippen molar-refractivity contribution in [2.24, 2.45) is 0 Å². The average molecular weight is 390 g/mol. The van der Waals surface area contributed by atoms with Gasteiger partial charge < -0.3 is 15.4 Å². The van der Waals surface area contributed by atoms with Crippen molar-refractivity contribution < 1.29 is 4.74 Å². The van der Waals surface area contributed by atoms with E-state index in [1.165, 1.54) is 55.7 Å². The van der Waals surface area contributed by atoms with Gasteiger partial charge in [-0.1, -0.05) is 30.6 Å². The number of nitrogens with two attached hydrogens (primary N) is 1. The molecule has 1 saturated heterocycles. The zero-order valence-electron chi connectivity index (χ0n) is 16.3. The van der Waals surface area contributed by atoms with E-state index in [9.17, 15) is 0 Å². The molecule has 27 heavy (non-hydrogen) atoms. The van der Waals surface area contributed by atoms with Crippen molar-refractivity contribution >= 4 is 22.2 Å². The number of aromatic nitrogens is 2. The van der Waals surface area contributed by atoms with E-state index in [2.05, 4.69) is 44.3 Å². The number of anilines is 2. The summed E-state index contributed by atoms with van der Waals surface area (Å²) in [6.45, 7) is 6.63. The van der Waals surface area contributed by atoms with Gasteiger partial charge in [-0.25, -0.2) is 0 Å². The number of rotatable bonds is 10. The molecule has 0 radical (unpaired) electrons. The van der Waals surface area contributed by atoms with E-state index in [0.29, 0.717) is 5.13 Å². The Morgan fingerprint density at radius 1 is 0.963 bits per heavy atom. The fourth-order valence-corrected chi connectivity index (χ4v) is 4.12. The first-order chi connectivity index (χ1) is 13.3. The molecule has 1 aliphatic heterocycles. The molecule has 2 heterocycles. The Balaban J connectivity index is 1.36. The first-order valence-corrected chi connectivity index (χ1v) is 10.7. The lowest BCUT2D eigenvalue weighted by Crippen LogP contribution is -2.46. The van der Waals surface area contributed by atoms with Gasteiger partial charge in [-0.05, 0) is 43.7 Å². The summed E-state index contributed by atoms with van der Waals surface area (Å²) in [4.78, 5) is 5.07. The molecule has 148 valence electrons. The van der Waals surface area contributed by atoms with Gasteiger partial charge >= 0.3 is 0 Å². The maximum absolute atomic E-state index is 5.67. The smallest absolute Gasteiger partial charge is 0.203 e. The molecule has 1 fully saturated rings. The SMILES string of the molecule is COCCCCCCCN1CCN(c2ccc(-c3nnc(N)s3)cc2)CC1. The Labute approximate surface area is 166 Å². The second-order valence-corrected chi connectivity index (χ2v) is 8.09. The van der Waals surface area contributed by atoms with Gasteiger partial charge in [-0.15, -0.1) is 10.2 Å². The van der Waals surface area contributed by atoms with E-state index in [4.69, 9.17) is 10.5 Å². The van der Waals surface area contributed by atoms with Crippen molar-refractivity contribution in [2.75, 3.05) is 57.1 Å². The molecule has 0 saturated carbocycles. The van der Waals surface area contributed by atoms with Gasteiger partial charge in [-0.3, -0.25) is 4.90 Å². The molecule has 0 atom stereocenters. The van der Waals surface area contributed by atoms with Crippen molar-refractivity contribution in [2.45, 2.75) is 32.1 Å². The highest BCUT2D eigenvalue weighted by Crippen LogP contribution is 2.27. The minimum Gasteiger partial charge on any atom is -0.385 e. The van der Waals surface area contributed by atoms with Crippen LogP contribution in [0.3, 0.4) is 0 Å². The minimum atomic E-state index is 0.514. The molecule has 2 aromatic rings. The molecule has 3 rings (SSSR count). The fraction of sp³-hybridized carbons (Fsp3) is 0.600. The molecular formula is C20H31N5OS. The summed E-state index contributed by atoms with van der Waals surface area (Å²) < 4.78 is 5.10. The molecular weight excluding hydrogens is 358 g/mol. The van der Waals surface area contributed by atoms with Crippen molar-refractivity contribution in [3.8, 4) is 10.6 Å². The lowest BCUT2D eigenvalue weighted by molar-refractivity contribution is 0.191. The third kappa shape index (κ3) is 6.16. The highest BCUT2D eigenvalue weighted by atomic mass is 32.1. The Morgan fingerprint density at radius 3 is 2.33 bits per heavy atom. The number of benzene rings is 1. The highest BCUT2D eigenvalue weighted by molar-refractivity contribution is 7.18. The predicted molar refractivity (Wildman–Crippen MR) is 113 cm³/mol. The molecule has 0 aliphatic carbocycles. The van der Waals surface area contributed by atoms with Crippen LogP contribution in [0.25, 0.3) is 10.6 Å². The lowest BCUT2D eigenvalue weighted by atomic mass is 10.1. The van der Waals surface area contributed by atoms with E-state index in [1.807, 2.05) is 0 Å². The summed E-state index contributed by atoms with van der Waals surface area (Å²) in [6.07, 6.45) is 6.46. The van der Waals surface area contributed by atoms with Gasteiger partial charge in [0.1, 0.15) is 5.01 Å². The average Bonchev–Trinajstić information content (AvgIpc) is 3.14. The topological polar surface area (TPSA) is 67.5 Å². The summed E-state index contributed by atoms with van der Waals surface area (Å²) in [7, 11) is 1.78. The standard InChI is InChI=1S/C20H31N5OS/c1-26-16-6-4-2-3-5-11-24-12-14-25(15-13-24)18-9-7-17(8-10-18)19-22-23-20(21)27-19/h7-10H,2-6,11-16H2,1H3,(H2,21,23). The molecule has 0 spiro atoms. The number of unbranched alkanes of at least 4 members (excludes halogenated alkanes) is 4. The molecule has 1 aromatic carbocycles. The van der Waals surface area contributed by atoms with E-state index >= 15 is 0 Å². The van der Waals surface area contributed by atoms with E-state index in [1.54, 1.807) is 7.11 Å². The number of piperazine rings is 1. The second-order valence-electron chi connectivity index (χ2n) is 7.08. The molecule has 0 unspecified atom stereocenters. The number of methoxy groups -OCH3 is 1. The number of nitrogen functional groups attached to an aromatic ring is 1. The van der Waals surface area contributed by atoms with Gasteiger partial charge in [0.15, 0.2) is 0 Å². The first-order valence-electron chi connectivity index (χ1n) is 9.92. The summed E-state index contributed by atoms with van der Waals surface area (Å²) in [5, 5.41) is 9.39. The van der Waals surface area contributed by atoms with Crippen molar-refractivity contribution in [3.05, 3.63) is 24.3 Å². The van der Waals surface area contributed by atoms with E-state index in [0.717, 1.165) is 43.4 Å². The molecule has 1 aliphatic rings. The zero-order chi connectivity index (χ0) is 18.9. The number of ether oxygens (including phenoxy) is 1. The van der Waals surface area contributed by atoms with Gasteiger partial charge in [0.25, 0.3) is 0 Å². The quantitative estimate of drug-likeness (QED) is 0.627. The Kier molecular flexibility index (Phi) is 7.86. The van der Waals surface area contributed by atoms with Gasteiger partial charge in [0, 0.05) is 51.1 Å². The van der Waals surface area contributed by atoms with Crippen LogP contribution in [0.15, 0.2) is 24.3 Å². The van der Waals surface area contributed by atoms with Crippen LogP contribution in [0.1, 0.15) is 32.1 Å². The van der Waals surface area contributed by atoms with Crippen molar-refractivity contribution in [3.63, 3.8) is 0 Å². The normalized spacial score (nSPS) is 15.4. The first kappa shape index (κ1) is 20.0. The van der Waals surface area contributed by atoms with E-state index < -0.39 is 0 Å². The highest BCUT2D eigenvalue weighted by Gasteiger charge is 2.17. The summed E-state index contributed by atoms with van der Waals surface area (Å²) in [6, 6.07) is 8.60. The third-order valence-corrected chi connectivity index (χ3v) is 5.92. The van der Waals surface area contributed by atoms with Crippen LogP contribution in [-0.2, 0) is 4.74 Å². The second kappa shape index (κ2) is 10.6. The van der Waals surface area contributed by atoms with Crippen molar-refractivity contribution in [1.82, 2.24) is 15.1 Å². The lowest BCUT2D eigenvalue weighted by Gasteiger charge is -2.36. The Hall–Kier alpha value is -1.70. The largest absolute Gasteiger partial charge is 0.385 e. The predicted octanol–water partition coefficient (Wildman–Crippen LogP) is 3.51. The monoisotopic (exact) mass is 389 g/mol. The maximum atomic E-state index is 5.67. The van der Waals surface area contributed by atoms with Gasteiger partial charge in [0.05, 0.1) is 0 Å². The molecule has 2 N–H and O–H groups in total. The number of hydrogen-bond acceptors (Lipinski definition) is 7. The van der Waals surface area contributed by atoms with Crippen LogP contribution in [0.5, 0.6) is 0 Å². The number of nitrogens with zero attached hydrogens (tertiary/aromatic N) is 4. The maximum Gasteiger partial charge on any atom is 0.203 e. The van der Waals surface area contributed by atoms with Crippen LogP contribution in [-0.4, -0.2) is 61.5 Å². The van der Waals surface area contributed by atoms with Crippen LogP contribution in [0.2, 0.25) is 0 Å². The molecule has 0 amide bonds.